The third kappa shape index (κ3) is 2.13. The van der Waals surface area contributed by atoms with Gasteiger partial charge in [0, 0.05) is 6.04 Å². The first kappa shape index (κ1) is 12.0. The molecule has 1 aliphatic heterocycles. The minimum atomic E-state index is 0.493. The summed E-state index contributed by atoms with van der Waals surface area (Å²) in [7, 11) is 0. The molecule has 0 radical (unpaired) electrons. The van der Waals surface area contributed by atoms with Crippen LogP contribution in [-0.2, 0) is 0 Å². The van der Waals surface area contributed by atoms with E-state index in [1.807, 2.05) is 0 Å². The van der Waals surface area contributed by atoms with Gasteiger partial charge in [-0.25, -0.2) is 0 Å². The van der Waals surface area contributed by atoms with E-state index in [1.54, 1.807) is 0 Å². The molecule has 0 spiro atoms. The Balaban J connectivity index is 2.78. The number of hydrogen-bond acceptors (Lipinski definition) is 1. The lowest BCUT2D eigenvalue weighted by molar-refractivity contribution is 0.0959. The van der Waals surface area contributed by atoms with Gasteiger partial charge in [-0.3, -0.25) is 4.90 Å². The van der Waals surface area contributed by atoms with Crippen LogP contribution in [0.5, 0.6) is 0 Å². The van der Waals surface area contributed by atoms with E-state index in [0.717, 1.165) is 12.0 Å². The van der Waals surface area contributed by atoms with Crippen molar-refractivity contribution in [2.45, 2.75) is 59.9 Å². The second-order valence-electron chi connectivity index (χ2n) is 5.37. The summed E-state index contributed by atoms with van der Waals surface area (Å²) in [5.41, 5.74) is 0.493. The molecule has 0 aromatic heterocycles. The van der Waals surface area contributed by atoms with Gasteiger partial charge in [0.15, 0.2) is 0 Å². The van der Waals surface area contributed by atoms with Crippen LogP contribution >= 0.6 is 0 Å². The fraction of sp³-hybridized carbons (Fsp3) is 1.00. The molecule has 0 bridgehead atoms. The van der Waals surface area contributed by atoms with Gasteiger partial charge in [-0.1, -0.05) is 41.0 Å². The highest BCUT2D eigenvalue weighted by atomic mass is 15.2. The molecule has 1 rings (SSSR count). The number of hydrogen-bond donors (Lipinski definition) is 0. The average Bonchev–Trinajstić information content (AvgIpc) is 2.61. The molecule has 1 fully saturated rings. The quantitative estimate of drug-likeness (QED) is 0.666. The maximum atomic E-state index is 2.69. The molecule has 1 heterocycles. The fourth-order valence-electron chi connectivity index (χ4n) is 3.05. The first-order valence-electron chi connectivity index (χ1n) is 6.30. The second kappa shape index (κ2) is 4.65. The Morgan fingerprint density at radius 3 is 2.29 bits per heavy atom. The van der Waals surface area contributed by atoms with Crippen LogP contribution in [0, 0.1) is 11.3 Å². The van der Waals surface area contributed by atoms with Crippen molar-refractivity contribution >= 4 is 0 Å². The number of nitrogens with zero attached hydrogens (tertiary/aromatic N) is 1. The molecule has 1 heteroatoms. The van der Waals surface area contributed by atoms with Crippen molar-refractivity contribution in [3.05, 3.63) is 0 Å². The van der Waals surface area contributed by atoms with Crippen LogP contribution in [0.2, 0.25) is 0 Å². The number of likely N-dealkylation sites (tertiary alicyclic amines) is 1. The van der Waals surface area contributed by atoms with E-state index in [0.29, 0.717) is 5.41 Å². The Morgan fingerprint density at radius 2 is 1.86 bits per heavy atom. The van der Waals surface area contributed by atoms with Crippen molar-refractivity contribution in [1.29, 1.82) is 0 Å². The summed E-state index contributed by atoms with van der Waals surface area (Å²) in [6, 6.07) is 0.822. The standard InChI is InChI=1S/C13H27N/c1-6-11-9-10-14(8-3)12(11)13(4,5)7-2/h11-12H,6-10H2,1-5H3. The van der Waals surface area contributed by atoms with Gasteiger partial charge in [-0.2, -0.15) is 0 Å². The lowest BCUT2D eigenvalue weighted by Gasteiger charge is -2.40. The van der Waals surface area contributed by atoms with E-state index < -0.39 is 0 Å². The molecule has 0 amide bonds. The summed E-state index contributed by atoms with van der Waals surface area (Å²) in [5, 5.41) is 0. The lowest BCUT2D eigenvalue weighted by atomic mass is 9.75. The van der Waals surface area contributed by atoms with Crippen molar-refractivity contribution in [3.63, 3.8) is 0 Å². The highest BCUT2D eigenvalue weighted by Gasteiger charge is 2.41. The van der Waals surface area contributed by atoms with Gasteiger partial charge in [0.2, 0.25) is 0 Å². The predicted octanol–water partition coefficient (Wildman–Crippen LogP) is 3.54. The van der Waals surface area contributed by atoms with Crippen molar-refractivity contribution in [2.75, 3.05) is 13.1 Å². The summed E-state index contributed by atoms with van der Waals surface area (Å²) >= 11 is 0. The molecule has 0 aliphatic carbocycles. The Bertz CT molecular complexity index is 162. The van der Waals surface area contributed by atoms with Crippen LogP contribution in [0.15, 0.2) is 0 Å². The Kier molecular flexibility index (Phi) is 4.00. The predicted molar refractivity (Wildman–Crippen MR) is 63.5 cm³/mol. The van der Waals surface area contributed by atoms with Crippen molar-refractivity contribution in [2.24, 2.45) is 11.3 Å². The molecule has 14 heavy (non-hydrogen) atoms. The molecule has 2 unspecified atom stereocenters. The van der Waals surface area contributed by atoms with Gasteiger partial charge >= 0.3 is 0 Å². The summed E-state index contributed by atoms with van der Waals surface area (Å²) < 4.78 is 0. The largest absolute Gasteiger partial charge is 0.300 e. The summed E-state index contributed by atoms with van der Waals surface area (Å²) in [4.78, 5) is 2.69. The summed E-state index contributed by atoms with van der Waals surface area (Å²) in [5.74, 6) is 0.935. The van der Waals surface area contributed by atoms with E-state index in [-0.39, 0.29) is 0 Å². The van der Waals surface area contributed by atoms with E-state index in [2.05, 4.69) is 39.5 Å². The molecule has 1 nitrogen and oxygen atoms in total. The van der Waals surface area contributed by atoms with E-state index >= 15 is 0 Å². The number of rotatable bonds is 4. The SMILES string of the molecule is CCC1CCN(CC)C1C(C)(C)CC. The van der Waals surface area contributed by atoms with Gasteiger partial charge in [-0.05, 0) is 37.3 Å². The molecule has 1 aliphatic rings. The third-order valence-electron chi connectivity index (χ3n) is 4.27. The maximum absolute atomic E-state index is 2.69. The van der Waals surface area contributed by atoms with Crippen LogP contribution in [0.4, 0.5) is 0 Å². The molecule has 1 saturated heterocycles. The molecular formula is C13H27N. The zero-order chi connectivity index (χ0) is 10.8. The molecule has 0 aromatic rings. The van der Waals surface area contributed by atoms with Gasteiger partial charge in [0.1, 0.15) is 0 Å². The van der Waals surface area contributed by atoms with Crippen molar-refractivity contribution < 1.29 is 0 Å². The molecule has 0 N–H and O–H groups in total. The minimum Gasteiger partial charge on any atom is -0.300 e. The minimum absolute atomic E-state index is 0.493. The maximum Gasteiger partial charge on any atom is 0.0175 e. The molecule has 0 saturated carbocycles. The average molecular weight is 197 g/mol. The Morgan fingerprint density at radius 1 is 1.21 bits per heavy atom. The van der Waals surface area contributed by atoms with Gasteiger partial charge < -0.3 is 0 Å². The monoisotopic (exact) mass is 197 g/mol. The Hall–Kier alpha value is -0.0400. The first-order chi connectivity index (χ1) is 6.56. The van der Waals surface area contributed by atoms with E-state index in [4.69, 9.17) is 0 Å². The first-order valence-corrected chi connectivity index (χ1v) is 6.30. The smallest absolute Gasteiger partial charge is 0.0175 e. The topological polar surface area (TPSA) is 3.24 Å². The molecule has 0 aromatic carbocycles. The van der Waals surface area contributed by atoms with Crippen molar-refractivity contribution in [1.82, 2.24) is 4.90 Å². The normalized spacial score (nSPS) is 29.8. The third-order valence-corrected chi connectivity index (χ3v) is 4.27. The van der Waals surface area contributed by atoms with Crippen LogP contribution in [0.3, 0.4) is 0 Å². The highest BCUT2D eigenvalue weighted by molar-refractivity contribution is 4.94. The van der Waals surface area contributed by atoms with Gasteiger partial charge in [0.05, 0.1) is 0 Å². The molecular weight excluding hydrogens is 170 g/mol. The highest BCUT2D eigenvalue weighted by Crippen LogP contribution is 2.40. The zero-order valence-electron chi connectivity index (χ0n) is 10.6. The van der Waals surface area contributed by atoms with Crippen molar-refractivity contribution in [3.8, 4) is 0 Å². The lowest BCUT2D eigenvalue weighted by Crippen LogP contribution is -2.43. The van der Waals surface area contributed by atoms with Crippen LogP contribution in [0.1, 0.15) is 53.9 Å². The van der Waals surface area contributed by atoms with Crippen LogP contribution in [0.25, 0.3) is 0 Å². The van der Waals surface area contributed by atoms with Gasteiger partial charge in [-0.15, -0.1) is 0 Å². The fourth-order valence-corrected chi connectivity index (χ4v) is 3.05. The van der Waals surface area contributed by atoms with Gasteiger partial charge in [0.25, 0.3) is 0 Å². The van der Waals surface area contributed by atoms with Crippen LogP contribution < -0.4 is 0 Å². The summed E-state index contributed by atoms with van der Waals surface area (Å²) in [6.07, 6.45) is 4.06. The van der Waals surface area contributed by atoms with E-state index in [9.17, 15) is 0 Å². The molecule has 2 atom stereocenters. The van der Waals surface area contributed by atoms with E-state index in [1.165, 1.54) is 32.4 Å². The Labute approximate surface area is 89.9 Å². The zero-order valence-corrected chi connectivity index (χ0v) is 10.6. The van der Waals surface area contributed by atoms with Crippen LogP contribution in [-0.4, -0.2) is 24.0 Å². The second-order valence-corrected chi connectivity index (χ2v) is 5.37. The summed E-state index contributed by atoms with van der Waals surface area (Å²) in [6.45, 7) is 14.4. The molecule has 84 valence electrons.